The molecule has 1 aromatic carbocycles. The summed E-state index contributed by atoms with van der Waals surface area (Å²) in [5, 5.41) is 10.4. The molecule has 0 saturated carbocycles. The first-order valence-electron chi connectivity index (χ1n) is 6.39. The minimum atomic E-state index is -0.226. The van der Waals surface area contributed by atoms with Crippen LogP contribution < -0.4 is 0 Å². The highest BCUT2D eigenvalue weighted by Crippen LogP contribution is 2.41. The monoisotopic (exact) mass is 250 g/mol. The molecule has 0 aromatic heterocycles. The van der Waals surface area contributed by atoms with Gasteiger partial charge >= 0.3 is 0 Å². The molecule has 2 atom stereocenters. The van der Waals surface area contributed by atoms with Crippen molar-refractivity contribution in [3.8, 4) is 0 Å². The molecule has 0 aliphatic carbocycles. The summed E-state index contributed by atoms with van der Waals surface area (Å²) in [7, 11) is 0. The van der Waals surface area contributed by atoms with E-state index in [9.17, 15) is 5.11 Å². The van der Waals surface area contributed by atoms with E-state index < -0.39 is 0 Å². The Kier molecular flexibility index (Phi) is 3.84. The van der Waals surface area contributed by atoms with Crippen LogP contribution in [0.2, 0.25) is 0 Å². The van der Waals surface area contributed by atoms with Crippen molar-refractivity contribution in [3.05, 3.63) is 34.9 Å². The van der Waals surface area contributed by atoms with Crippen molar-refractivity contribution in [2.24, 2.45) is 0 Å². The smallest absolute Gasteiger partial charge is 0.0724 e. The minimum Gasteiger partial charge on any atom is -0.391 e. The summed E-state index contributed by atoms with van der Waals surface area (Å²) >= 11 is 1.93. The van der Waals surface area contributed by atoms with Crippen molar-refractivity contribution in [1.29, 1.82) is 0 Å². The summed E-state index contributed by atoms with van der Waals surface area (Å²) in [6, 6.07) is 6.57. The third-order valence-electron chi connectivity index (χ3n) is 3.66. The zero-order valence-corrected chi connectivity index (χ0v) is 11.8. The lowest BCUT2D eigenvalue weighted by atomic mass is 9.92. The first kappa shape index (κ1) is 13.0. The van der Waals surface area contributed by atoms with Crippen LogP contribution >= 0.6 is 11.8 Å². The lowest BCUT2D eigenvalue weighted by Gasteiger charge is -2.29. The Balaban J connectivity index is 2.09. The number of thioether (sulfide) groups is 1. The maximum Gasteiger partial charge on any atom is 0.0724 e. The zero-order chi connectivity index (χ0) is 12.5. The predicted molar refractivity (Wildman–Crippen MR) is 75.7 cm³/mol. The van der Waals surface area contributed by atoms with Crippen molar-refractivity contribution in [2.45, 2.75) is 50.9 Å². The molecule has 94 valence electrons. The molecule has 0 bridgehead atoms. The first-order valence-corrected chi connectivity index (χ1v) is 7.37. The number of aliphatic hydroxyl groups is 1. The fourth-order valence-electron chi connectivity index (χ4n) is 2.69. The van der Waals surface area contributed by atoms with Gasteiger partial charge in [0.25, 0.3) is 0 Å². The van der Waals surface area contributed by atoms with Gasteiger partial charge in [-0.05, 0) is 51.3 Å². The van der Waals surface area contributed by atoms with Gasteiger partial charge in [-0.3, -0.25) is 0 Å². The molecule has 1 fully saturated rings. The SMILES string of the molecule is Cc1cc(C)cc(CC(O)C2(C)CCCS2)c1. The number of hydrogen-bond donors (Lipinski definition) is 1. The highest BCUT2D eigenvalue weighted by molar-refractivity contribution is 8.00. The number of benzene rings is 1. The van der Waals surface area contributed by atoms with Crippen molar-refractivity contribution in [1.82, 2.24) is 0 Å². The predicted octanol–water partition coefficient (Wildman–Crippen LogP) is 3.49. The molecule has 1 aliphatic heterocycles. The number of rotatable bonds is 3. The quantitative estimate of drug-likeness (QED) is 0.886. The lowest BCUT2D eigenvalue weighted by molar-refractivity contribution is 0.133. The van der Waals surface area contributed by atoms with Crippen LogP contribution in [0.4, 0.5) is 0 Å². The van der Waals surface area contributed by atoms with Gasteiger partial charge in [-0.2, -0.15) is 11.8 Å². The van der Waals surface area contributed by atoms with Crippen molar-refractivity contribution in [3.63, 3.8) is 0 Å². The van der Waals surface area contributed by atoms with Gasteiger partial charge in [0, 0.05) is 4.75 Å². The second-order valence-corrected chi connectivity index (χ2v) is 7.11. The molecule has 17 heavy (non-hydrogen) atoms. The topological polar surface area (TPSA) is 20.2 Å². The molecular formula is C15H22OS. The summed E-state index contributed by atoms with van der Waals surface area (Å²) in [6.45, 7) is 6.45. The molecule has 2 heteroatoms. The van der Waals surface area contributed by atoms with Gasteiger partial charge < -0.3 is 5.11 Å². The van der Waals surface area contributed by atoms with E-state index in [2.05, 4.69) is 39.0 Å². The Morgan fingerprint density at radius 1 is 1.29 bits per heavy atom. The molecular weight excluding hydrogens is 228 g/mol. The third-order valence-corrected chi connectivity index (χ3v) is 5.29. The van der Waals surface area contributed by atoms with Crippen LogP contribution in [0.25, 0.3) is 0 Å². The van der Waals surface area contributed by atoms with Gasteiger partial charge in [0.15, 0.2) is 0 Å². The molecule has 1 aliphatic rings. The minimum absolute atomic E-state index is 0.0671. The molecule has 1 heterocycles. The Morgan fingerprint density at radius 2 is 1.94 bits per heavy atom. The summed E-state index contributed by atoms with van der Waals surface area (Å²) in [5.74, 6) is 1.19. The fraction of sp³-hybridized carbons (Fsp3) is 0.600. The molecule has 2 unspecified atom stereocenters. The maximum atomic E-state index is 10.4. The molecule has 1 nitrogen and oxygen atoms in total. The second-order valence-electron chi connectivity index (χ2n) is 5.48. The summed E-state index contributed by atoms with van der Waals surface area (Å²) in [6.07, 6.45) is 2.94. The molecule has 2 rings (SSSR count). The molecule has 0 radical (unpaired) electrons. The van der Waals surface area contributed by atoms with Gasteiger partial charge in [0.1, 0.15) is 0 Å². The largest absolute Gasteiger partial charge is 0.391 e. The number of hydrogen-bond acceptors (Lipinski definition) is 2. The molecule has 1 aromatic rings. The maximum absolute atomic E-state index is 10.4. The lowest BCUT2D eigenvalue weighted by Crippen LogP contribution is -2.35. The van der Waals surface area contributed by atoms with Gasteiger partial charge in [-0.1, -0.05) is 29.3 Å². The Morgan fingerprint density at radius 3 is 2.47 bits per heavy atom. The van der Waals surface area contributed by atoms with E-state index in [0.29, 0.717) is 0 Å². The first-order chi connectivity index (χ1) is 7.99. The van der Waals surface area contributed by atoms with E-state index in [0.717, 1.165) is 12.8 Å². The Labute approximate surface area is 109 Å². The summed E-state index contributed by atoms with van der Waals surface area (Å²) in [5.41, 5.74) is 3.84. The Bertz CT molecular complexity index is 374. The van der Waals surface area contributed by atoms with Crippen LogP contribution in [-0.4, -0.2) is 21.7 Å². The van der Waals surface area contributed by atoms with E-state index in [4.69, 9.17) is 0 Å². The molecule has 1 saturated heterocycles. The normalized spacial score (nSPS) is 26.1. The van der Waals surface area contributed by atoms with Crippen LogP contribution in [0.5, 0.6) is 0 Å². The molecule has 0 amide bonds. The van der Waals surface area contributed by atoms with E-state index in [-0.39, 0.29) is 10.9 Å². The van der Waals surface area contributed by atoms with Crippen LogP contribution in [0.1, 0.15) is 36.5 Å². The van der Waals surface area contributed by atoms with E-state index in [1.807, 2.05) is 11.8 Å². The van der Waals surface area contributed by atoms with Crippen LogP contribution in [0.15, 0.2) is 18.2 Å². The average molecular weight is 250 g/mol. The third kappa shape index (κ3) is 3.05. The van der Waals surface area contributed by atoms with E-state index in [1.54, 1.807) is 0 Å². The van der Waals surface area contributed by atoms with Gasteiger partial charge in [-0.15, -0.1) is 0 Å². The van der Waals surface area contributed by atoms with Crippen molar-refractivity contribution >= 4 is 11.8 Å². The van der Waals surface area contributed by atoms with Gasteiger partial charge in [-0.25, -0.2) is 0 Å². The second kappa shape index (κ2) is 5.03. The summed E-state index contributed by atoms with van der Waals surface area (Å²) < 4.78 is 0.0671. The summed E-state index contributed by atoms with van der Waals surface area (Å²) in [4.78, 5) is 0. The van der Waals surface area contributed by atoms with Crippen LogP contribution in [0.3, 0.4) is 0 Å². The van der Waals surface area contributed by atoms with Crippen LogP contribution in [-0.2, 0) is 6.42 Å². The zero-order valence-electron chi connectivity index (χ0n) is 11.0. The van der Waals surface area contributed by atoms with Crippen molar-refractivity contribution in [2.75, 3.05) is 5.75 Å². The van der Waals surface area contributed by atoms with Crippen molar-refractivity contribution < 1.29 is 5.11 Å². The fourth-order valence-corrected chi connectivity index (χ4v) is 4.01. The van der Waals surface area contributed by atoms with Gasteiger partial charge in [0.2, 0.25) is 0 Å². The highest BCUT2D eigenvalue weighted by Gasteiger charge is 2.36. The number of aliphatic hydroxyl groups excluding tert-OH is 1. The molecule has 1 N–H and O–H groups in total. The van der Waals surface area contributed by atoms with E-state index in [1.165, 1.54) is 28.9 Å². The molecule has 0 spiro atoms. The standard InChI is InChI=1S/C15H22OS/c1-11-7-12(2)9-13(8-11)10-14(16)15(3)5-4-6-17-15/h7-9,14,16H,4-6,10H2,1-3H3. The number of aryl methyl sites for hydroxylation is 2. The van der Waals surface area contributed by atoms with E-state index >= 15 is 0 Å². The van der Waals surface area contributed by atoms with Gasteiger partial charge in [0.05, 0.1) is 6.10 Å². The van der Waals surface area contributed by atoms with Crippen LogP contribution in [0, 0.1) is 13.8 Å². The Hall–Kier alpha value is -0.470. The average Bonchev–Trinajstić information content (AvgIpc) is 2.64. The highest BCUT2D eigenvalue weighted by atomic mass is 32.2.